The number of hydrogen-bond donors (Lipinski definition) is 1. The van der Waals surface area contributed by atoms with Crippen LogP contribution in [-0.2, 0) is 13.0 Å². The molecule has 3 heteroatoms. The summed E-state index contributed by atoms with van der Waals surface area (Å²) in [5.74, 6) is 0.769. The van der Waals surface area contributed by atoms with E-state index in [1.807, 2.05) is 12.1 Å². The molecule has 1 heterocycles. The molecule has 1 aliphatic heterocycles. The predicted molar refractivity (Wildman–Crippen MR) is 136 cm³/mol. The van der Waals surface area contributed by atoms with E-state index < -0.39 is 0 Å². The van der Waals surface area contributed by atoms with E-state index >= 15 is 0 Å². The van der Waals surface area contributed by atoms with Gasteiger partial charge in [-0.2, -0.15) is 0 Å². The van der Waals surface area contributed by atoms with Gasteiger partial charge in [0.05, 0.1) is 6.04 Å². The van der Waals surface area contributed by atoms with Gasteiger partial charge in [-0.3, -0.25) is 9.69 Å². The first-order chi connectivity index (χ1) is 16.0. The van der Waals surface area contributed by atoms with E-state index in [0.717, 1.165) is 31.1 Å². The van der Waals surface area contributed by atoms with Crippen LogP contribution < -0.4 is 5.32 Å². The van der Waals surface area contributed by atoms with Crippen molar-refractivity contribution in [2.24, 2.45) is 5.92 Å². The lowest BCUT2D eigenvalue weighted by Crippen LogP contribution is -2.33. The van der Waals surface area contributed by atoms with Crippen molar-refractivity contribution in [2.75, 3.05) is 13.1 Å². The quantitative estimate of drug-likeness (QED) is 0.471. The van der Waals surface area contributed by atoms with Gasteiger partial charge in [0.1, 0.15) is 0 Å². The van der Waals surface area contributed by atoms with E-state index in [1.54, 1.807) is 0 Å². The molecule has 172 valence electrons. The molecular weight excluding hydrogens is 404 g/mol. The average molecular weight is 441 g/mol. The summed E-state index contributed by atoms with van der Waals surface area (Å²) >= 11 is 0. The number of rotatable bonds is 7. The van der Waals surface area contributed by atoms with Crippen LogP contribution in [0.4, 0.5) is 0 Å². The van der Waals surface area contributed by atoms with Gasteiger partial charge in [0.2, 0.25) is 0 Å². The van der Waals surface area contributed by atoms with Gasteiger partial charge in [0, 0.05) is 12.1 Å². The zero-order valence-electron chi connectivity index (χ0n) is 20.2. The molecule has 0 radical (unpaired) electrons. The fraction of sp³-hybridized carbons (Fsp3) is 0.367. The average Bonchev–Trinajstić information content (AvgIpc) is 2.83. The second kappa shape index (κ2) is 10.8. The van der Waals surface area contributed by atoms with Gasteiger partial charge in [-0.25, -0.2) is 0 Å². The monoisotopic (exact) mass is 440 g/mol. The molecule has 3 aromatic rings. The number of benzene rings is 3. The van der Waals surface area contributed by atoms with Crippen LogP contribution in [0.25, 0.3) is 0 Å². The number of piperidine rings is 1. The highest BCUT2D eigenvalue weighted by Crippen LogP contribution is 2.23. The summed E-state index contributed by atoms with van der Waals surface area (Å²) in [6, 6.07) is 25.3. The Balaban J connectivity index is 1.27. The van der Waals surface area contributed by atoms with Crippen molar-refractivity contribution in [3.63, 3.8) is 0 Å². The lowest BCUT2D eigenvalue weighted by Gasteiger charge is -2.32. The molecule has 0 bridgehead atoms. The molecule has 4 rings (SSSR count). The summed E-state index contributed by atoms with van der Waals surface area (Å²) in [5, 5.41) is 3.16. The zero-order chi connectivity index (χ0) is 23.2. The lowest BCUT2D eigenvalue weighted by molar-refractivity contribution is 0.0939. The third kappa shape index (κ3) is 6.33. The number of nitrogens with one attached hydrogen (secondary N) is 1. The van der Waals surface area contributed by atoms with Crippen molar-refractivity contribution in [1.29, 1.82) is 0 Å². The molecule has 1 atom stereocenters. The van der Waals surface area contributed by atoms with E-state index in [4.69, 9.17) is 0 Å². The molecular formula is C30H36N2O. The maximum atomic E-state index is 12.8. The first-order valence-corrected chi connectivity index (χ1v) is 12.2. The molecule has 1 aliphatic rings. The second-order valence-electron chi connectivity index (χ2n) is 9.66. The van der Waals surface area contributed by atoms with Gasteiger partial charge in [0.15, 0.2) is 0 Å². The summed E-state index contributed by atoms with van der Waals surface area (Å²) in [7, 11) is 0. The van der Waals surface area contributed by atoms with Crippen molar-refractivity contribution in [3.05, 3.63) is 106 Å². The number of carbonyl (C=O) groups is 1. The summed E-state index contributed by atoms with van der Waals surface area (Å²) < 4.78 is 0. The standard InChI is InChI=1S/C30H36N2O/c1-22-9-10-23(2)29(19-22)24(3)31-30(33)28-13-11-27(12-14-28)21-32-17-15-26(16-18-32)20-25-7-5-4-6-8-25/h4-14,19,24,26H,15-18,20-21H2,1-3H3,(H,31,33)/t24-/m1/s1. The summed E-state index contributed by atoms with van der Waals surface area (Å²) in [4.78, 5) is 15.3. The van der Waals surface area contributed by atoms with Crippen LogP contribution in [-0.4, -0.2) is 23.9 Å². The highest BCUT2D eigenvalue weighted by atomic mass is 16.1. The van der Waals surface area contributed by atoms with Crippen LogP contribution in [0.5, 0.6) is 0 Å². The van der Waals surface area contributed by atoms with Crippen LogP contribution in [0.2, 0.25) is 0 Å². The molecule has 0 aromatic heterocycles. The Labute approximate surface area is 198 Å². The van der Waals surface area contributed by atoms with Crippen molar-refractivity contribution in [2.45, 2.75) is 52.6 Å². The molecule has 0 spiro atoms. The Morgan fingerprint density at radius 2 is 1.64 bits per heavy atom. The Morgan fingerprint density at radius 1 is 0.939 bits per heavy atom. The van der Waals surface area contributed by atoms with Gasteiger partial charge in [-0.1, -0.05) is 66.2 Å². The van der Waals surface area contributed by atoms with Gasteiger partial charge in [0.25, 0.3) is 5.91 Å². The Bertz CT molecular complexity index is 1050. The number of aryl methyl sites for hydroxylation is 2. The largest absolute Gasteiger partial charge is 0.346 e. The first-order valence-electron chi connectivity index (χ1n) is 12.2. The second-order valence-corrected chi connectivity index (χ2v) is 9.66. The van der Waals surface area contributed by atoms with Crippen molar-refractivity contribution >= 4 is 5.91 Å². The van der Waals surface area contributed by atoms with Crippen LogP contribution >= 0.6 is 0 Å². The van der Waals surface area contributed by atoms with Crippen molar-refractivity contribution < 1.29 is 4.79 Å². The molecule has 0 unspecified atom stereocenters. The third-order valence-electron chi connectivity index (χ3n) is 6.95. The topological polar surface area (TPSA) is 32.3 Å². The molecule has 1 amide bonds. The first kappa shape index (κ1) is 23.3. The molecule has 0 saturated carbocycles. The highest BCUT2D eigenvalue weighted by Gasteiger charge is 2.20. The molecule has 1 saturated heterocycles. The number of amides is 1. The Kier molecular flexibility index (Phi) is 7.61. The SMILES string of the molecule is Cc1ccc(C)c([C@@H](C)NC(=O)c2ccc(CN3CCC(Cc4ccccc4)CC3)cc2)c1. The fourth-order valence-corrected chi connectivity index (χ4v) is 4.90. The minimum Gasteiger partial charge on any atom is -0.346 e. The third-order valence-corrected chi connectivity index (χ3v) is 6.95. The van der Waals surface area contributed by atoms with Crippen LogP contribution in [0.3, 0.4) is 0 Å². The van der Waals surface area contributed by atoms with E-state index in [0.29, 0.717) is 0 Å². The fourth-order valence-electron chi connectivity index (χ4n) is 4.90. The maximum Gasteiger partial charge on any atom is 0.251 e. The molecule has 33 heavy (non-hydrogen) atoms. The van der Waals surface area contributed by atoms with E-state index in [2.05, 4.69) is 91.7 Å². The van der Waals surface area contributed by atoms with Crippen LogP contribution in [0.1, 0.15) is 64.0 Å². The number of nitrogens with zero attached hydrogens (tertiary/aromatic N) is 1. The summed E-state index contributed by atoms with van der Waals surface area (Å²) in [6.07, 6.45) is 3.70. The highest BCUT2D eigenvalue weighted by molar-refractivity contribution is 5.94. The minimum absolute atomic E-state index is 0.0170. The van der Waals surface area contributed by atoms with Gasteiger partial charge in [-0.15, -0.1) is 0 Å². The van der Waals surface area contributed by atoms with Gasteiger partial charge < -0.3 is 5.32 Å². The molecule has 3 aromatic carbocycles. The molecule has 1 N–H and O–H groups in total. The minimum atomic E-state index is -0.0192. The van der Waals surface area contributed by atoms with Crippen molar-refractivity contribution in [1.82, 2.24) is 10.2 Å². The van der Waals surface area contributed by atoms with Crippen LogP contribution in [0, 0.1) is 19.8 Å². The van der Waals surface area contributed by atoms with E-state index in [-0.39, 0.29) is 11.9 Å². The van der Waals surface area contributed by atoms with Crippen molar-refractivity contribution in [3.8, 4) is 0 Å². The van der Waals surface area contributed by atoms with Gasteiger partial charge in [-0.05, 0) is 93.4 Å². The molecule has 3 nitrogen and oxygen atoms in total. The van der Waals surface area contributed by atoms with Crippen LogP contribution in [0.15, 0.2) is 72.8 Å². The number of hydrogen-bond acceptors (Lipinski definition) is 2. The zero-order valence-corrected chi connectivity index (χ0v) is 20.2. The Morgan fingerprint density at radius 3 is 2.33 bits per heavy atom. The number of likely N-dealkylation sites (tertiary alicyclic amines) is 1. The summed E-state index contributed by atoms with van der Waals surface area (Å²) in [5.41, 5.74) is 7.04. The lowest BCUT2D eigenvalue weighted by atomic mass is 9.90. The normalized spacial score (nSPS) is 15.8. The maximum absolute atomic E-state index is 12.8. The molecule has 1 fully saturated rings. The van der Waals surface area contributed by atoms with Gasteiger partial charge >= 0.3 is 0 Å². The Hall–Kier alpha value is -2.91. The molecule has 0 aliphatic carbocycles. The van der Waals surface area contributed by atoms with E-state index in [9.17, 15) is 4.79 Å². The van der Waals surface area contributed by atoms with E-state index in [1.165, 1.54) is 47.1 Å². The summed E-state index contributed by atoms with van der Waals surface area (Å²) in [6.45, 7) is 9.48. The predicted octanol–water partition coefficient (Wildman–Crippen LogP) is 6.25. The smallest absolute Gasteiger partial charge is 0.251 e. The number of carbonyl (C=O) groups excluding carboxylic acids is 1.